The van der Waals surface area contributed by atoms with Gasteiger partial charge in [0.25, 0.3) is 0 Å². The molecule has 0 bridgehead atoms. The van der Waals surface area contributed by atoms with Crippen molar-refractivity contribution in [3.05, 3.63) is 0 Å². The first kappa shape index (κ1) is 22.2. The highest BCUT2D eigenvalue weighted by molar-refractivity contribution is 7.80. The topological polar surface area (TPSA) is 179 Å². The largest absolute Gasteiger partial charge is 0.394 e. The second kappa shape index (κ2) is 9.91. The fraction of sp³-hybridized carbons (Fsp3) is 1.00. The van der Waals surface area contributed by atoms with E-state index in [4.69, 9.17) is 24.1 Å². The van der Waals surface area contributed by atoms with E-state index in [0.29, 0.717) is 5.75 Å². The Morgan fingerprint density at radius 3 is 1.73 bits per heavy atom. The van der Waals surface area contributed by atoms with Crippen LogP contribution in [0.2, 0.25) is 0 Å². The van der Waals surface area contributed by atoms with Crippen LogP contribution in [0.25, 0.3) is 0 Å². The maximum absolute atomic E-state index is 10.0. The molecule has 0 saturated carbocycles. The van der Waals surface area contributed by atoms with E-state index in [1.54, 1.807) is 0 Å². The van der Waals surface area contributed by atoms with E-state index in [-0.39, 0.29) is 6.61 Å². The van der Waals surface area contributed by atoms with E-state index in [0.717, 1.165) is 0 Å². The predicted octanol–water partition coefficient (Wildman–Crippen LogP) is -4.44. The van der Waals surface area contributed by atoms with Crippen molar-refractivity contribution in [2.75, 3.05) is 25.6 Å². The van der Waals surface area contributed by atoms with Gasteiger partial charge in [0, 0.05) is 5.75 Å². The Hall–Kier alpha value is -0.0900. The standard InChI is InChI=1S/C14H26O11S/c15-3-5-7(16)9(18)12(21)14(24-5)23-4-6-8(17)10(19)11(20)13(25-6)22-1-2-26/h5-21,26H,1-4H2. The maximum Gasteiger partial charge on any atom is 0.186 e. The Balaban J connectivity index is 1.96. The van der Waals surface area contributed by atoms with Crippen molar-refractivity contribution in [3.63, 3.8) is 0 Å². The minimum atomic E-state index is -1.61. The minimum absolute atomic E-state index is 0.133. The van der Waals surface area contributed by atoms with E-state index in [2.05, 4.69) is 12.6 Å². The molecular formula is C14H26O11S. The SMILES string of the molecule is OCC1OC(OCC2OC(OCCS)C(O)C(O)C2O)C(O)C(O)C1O. The summed E-state index contributed by atoms with van der Waals surface area (Å²) in [7, 11) is 0. The van der Waals surface area contributed by atoms with Gasteiger partial charge in [-0.1, -0.05) is 0 Å². The van der Waals surface area contributed by atoms with Crippen molar-refractivity contribution in [2.45, 2.75) is 61.4 Å². The number of aliphatic hydroxyl groups excluding tert-OH is 7. The summed E-state index contributed by atoms with van der Waals surface area (Å²) in [6, 6.07) is 0. The maximum atomic E-state index is 10.0. The van der Waals surface area contributed by atoms with Gasteiger partial charge in [-0.3, -0.25) is 0 Å². The average Bonchev–Trinajstić information content (AvgIpc) is 2.64. The van der Waals surface area contributed by atoms with E-state index in [1.165, 1.54) is 0 Å². The number of thiol groups is 1. The Bertz CT molecular complexity index is 428. The molecule has 10 unspecified atom stereocenters. The number of hydrogen-bond acceptors (Lipinski definition) is 12. The first-order chi connectivity index (χ1) is 12.3. The number of aliphatic hydroxyl groups is 7. The molecule has 11 nitrogen and oxygen atoms in total. The molecule has 0 amide bonds. The van der Waals surface area contributed by atoms with Gasteiger partial charge in [0.15, 0.2) is 12.6 Å². The lowest BCUT2D eigenvalue weighted by Gasteiger charge is -2.42. The Kier molecular flexibility index (Phi) is 8.46. The van der Waals surface area contributed by atoms with Gasteiger partial charge in [-0.2, -0.15) is 12.6 Å². The Labute approximate surface area is 155 Å². The molecule has 10 atom stereocenters. The monoisotopic (exact) mass is 402 g/mol. The van der Waals surface area contributed by atoms with Gasteiger partial charge in [-0.05, 0) is 0 Å². The van der Waals surface area contributed by atoms with E-state index in [9.17, 15) is 30.6 Å². The van der Waals surface area contributed by atoms with Crippen LogP contribution in [0.3, 0.4) is 0 Å². The molecule has 0 aliphatic carbocycles. The van der Waals surface area contributed by atoms with Crippen LogP contribution in [0.15, 0.2) is 0 Å². The summed E-state index contributed by atoms with van der Waals surface area (Å²) < 4.78 is 21.0. The summed E-state index contributed by atoms with van der Waals surface area (Å²) in [5.41, 5.74) is 0. The highest BCUT2D eigenvalue weighted by Gasteiger charge is 2.47. The summed E-state index contributed by atoms with van der Waals surface area (Å²) in [6.07, 6.45) is -14.2. The molecule has 7 N–H and O–H groups in total. The molecule has 2 aliphatic rings. The molecule has 2 rings (SSSR count). The molecular weight excluding hydrogens is 376 g/mol. The van der Waals surface area contributed by atoms with E-state index >= 15 is 0 Å². The van der Waals surface area contributed by atoms with E-state index < -0.39 is 74.6 Å². The lowest BCUT2D eigenvalue weighted by molar-refractivity contribution is -0.330. The highest BCUT2D eigenvalue weighted by Crippen LogP contribution is 2.25. The normalized spacial score (nSPS) is 47.1. The van der Waals surface area contributed by atoms with Gasteiger partial charge < -0.3 is 54.7 Å². The van der Waals surface area contributed by atoms with Crippen LogP contribution >= 0.6 is 12.6 Å². The molecule has 0 aromatic carbocycles. The summed E-state index contributed by atoms with van der Waals surface area (Å²) in [5.74, 6) is 0.345. The molecule has 2 aliphatic heterocycles. The first-order valence-corrected chi connectivity index (χ1v) is 8.79. The molecule has 0 radical (unpaired) electrons. The van der Waals surface area contributed by atoms with Gasteiger partial charge in [0.1, 0.15) is 48.8 Å². The minimum Gasteiger partial charge on any atom is -0.394 e. The van der Waals surface area contributed by atoms with Gasteiger partial charge >= 0.3 is 0 Å². The van der Waals surface area contributed by atoms with Crippen molar-refractivity contribution in [1.29, 1.82) is 0 Å². The van der Waals surface area contributed by atoms with Crippen molar-refractivity contribution >= 4 is 12.6 Å². The van der Waals surface area contributed by atoms with Crippen LogP contribution in [0, 0.1) is 0 Å². The van der Waals surface area contributed by atoms with Gasteiger partial charge in [-0.15, -0.1) is 0 Å². The zero-order valence-electron chi connectivity index (χ0n) is 13.8. The number of rotatable bonds is 7. The lowest BCUT2D eigenvalue weighted by Crippen LogP contribution is -2.61. The van der Waals surface area contributed by atoms with Crippen LogP contribution in [-0.2, 0) is 18.9 Å². The summed E-state index contributed by atoms with van der Waals surface area (Å²) in [6.45, 7) is -0.875. The lowest BCUT2D eigenvalue weighted by atomic mass is 9.98. The smallest absolute Gasteiger partial charge is 0.186 e. The van der Waals surface area contributed by atoms with Gasteiger partial charge in [-0.25, -0.2) is 0 Å². The number of ether oxygens (including phenoxy) is 4. The van der Waals surface area contributed by atoms with Crippen molar-refractivity contribution < 1.29 is 54.7 Å². The van der Waals surface area contributed by atoms with Crippen molar-refractivity contribution in [3.8, 4) is 0 Å². The Morgan fingerprint density at radius 2 is 1.19 bits per heavy atom. The quantitative estimate of drug-likeness (QED) is 0.193. The second-order valence-corrected chi connectivity index (χ2v) is 6.59. The zero-order valence-corrected chi connectivity index (χ0v) is 14.7. The van der Waals surface area contributed by atoms with Crippen LogP contribution in [0.5, 0.6) is 0 Å². The molecule has 0 spiro atoms. The zero-order chi connectivity index (χ0) is 19.4. The first-order valence-electron chi connectivity index (χ1n) is 8.16. The molecule has 154 valence electrons. The highest BCUT2D eigenvalue weighted by atomic mass is 32.1. The second-order valence-electron chi connectivity index (χ2n) is 6.14. The van der Waals surface area contributed by atoms with Crippen molar-refractivity contribution in [1.82, 2.24) is 0 Å². The third-order valence-corrected chi connectivity index (χ3v) is 4.50. The Morgan fingerprint density at radius 1 is 0.692 bits per heavy atom. The fourth-order valence-electron chi connectivity index (χ4n) is 2.76. The van der Waals surface area contributed by atoms with E-state index in [1.807, 2.05) is 0 Å². The van der Waals surface area contributed by atoms with Crippen molar-refractivity contribution in [2.24, 2.45) is 0 Å². The van der Waals surface area contributed by atoms with Crippen LogP contribution in [-0.4, -0.2) is 123 Å². The van der Waals surface area contributed by atoms with Crippen LogP contribution < -0.4 is 0 Å². The fourth-order valence-corrected chi connectivity index (χ4v) is 2.86. The summed E-state index contributed by atoms with van der Waals surface area (Å²) >= 11 is 3.96. The molecule has 26 heavy (non-hydrogen) atoms. The third-order valence-electron chi connectivity index (χ3n) is 4.32. The molecule has 2 heterocycles. The predicted molar refractivity (Wildman–Crippen MR) is 86.2 cm³/mol. The number of hydrogen-bond donors (Lipinski definition) is 8. The summed E-state index contributed by atoms with van der Waals surface area (Å²) in [4.78, 5) is 0. The van der Waals surface area contributed by atoms with Crippen LogP contribution in [0.1, 0.15) is 0 Å². The molecule has 0 aromatic rings. The van der Waals surface area contributed by atoms with Gasteiger partial charge in [0.2, 0.25) is 0 Å². The van der Waals surface area contributed by atoms with Crippen LogP contribution in [0.4, 0.5) is 0 Å². The molecule has 2 saturated heterocycles. The van der Waals surface area contributed by atoms with Gasteiger partial charge in [0.05, 0.1) is 19.8 Å². The summed E-state index contributed by atoms with van der Waals surface area (Å²) in [5, 5.41) is 68.3. The molecule has 2 fully saturated rings. The molecule has 0 aromatic heterocycles. The third kappa shape index (κ3) is 4.84. The average molecular weight is 402 g/mol. The molecule has 12 heteroatoms.